The maximum Gasteiger partial charge on any atom is 0.242 e. The second kappa shape index (κ2) is 8.21. The first-order valence-electron chi connectivity index (χ1n) is 9.00. The highest BCUT2D eigenvalue weighted by Gasteiger charge is 2.31. The Morgan fingerprint density at radius 1 is 1.32 bits per heavy atom. The van der Waals surface area contributed by atoms with Gasteiger partial charge in [-0.3, -0.25) is 4.79 Å². The number of nitrogens with zero attached hydrogens (tertiary/aromatic N) is 2. The number of likely N-dealkylation sites (N-methyl/N-ethyl adjacent to an activating group) is 1. The Balaban J connectivity index is 1.62. The Bertz CT molecular complexity index is 657. The minimum Gasteiger partial charge on any atom is -0.467 e. The second-order valence-corrected chi connectivity index (χ2v) is 6.50. The van der Waals surface area contributed by atoms with Crippen LogP contribution in [0.25, 0.3) is 0 Å². The number of furan rings is 1. The monoisotopic (exact) mass is 342 g/mol. The fourth-order valence-corrected chi connectivity index (χ4v) is 3.54. The smallest absolute Gasteiger partial charge is 0.242 e. The first-order chi connectivity index (χ1) is 12.2. The summed E-state index contributed by atoms with van der Waals surface area (Å²) in [4.78, 5) is 16.9. The molecule has 1 aliphatic rings. The van der Waals surface area contributed by atoms with E-state index in [0.717, 1.165) is 31.6 Å². The van der Waals surface area contributed by atoms with Crippen molar-refractivity contribution in [1.29, 1.82) is 0 Å². The van der Waals surface area contributed by atoms with Gasteiger partial charge in [-0.25, -0.2) is 0 Å². The maximum absolute atomic E-state index is 12.8. The first kappa shape index (κ1) is 17.5. The molecule has 1 aromatic carbocycles. The van der Waals surface area contributed by atoms with Crippen molar-refractivity contribution >= 4 is 11.6 Å². The fourth-order valence-electron chi connectivity index (χ4n) is 3.54. The lowest BCUT2D eigenvalue weighted by Crippen LogP contribution is -2.43. The molecule has 0 bridgehead atoms. The molecule has 134 valence electrons. The fraction of sp³-hybridized carbons (Fsp3) is 0.450. The van der Waals surface area contributed by atoms with Gasteiger partial charge in [0.1, 0.15) is 11.9 Å². The van der Waals surface area contributed by atoms with Crippen LogP contribution in [0.3, 0.4) is 0 Å². The number of rotatable bonds is 7. The predicted octanol–water partition coefficient (Wildman–Crippen LogP) is 3.22. The van der Waals surface area contributed by atoms with Crippen molar-refractivity contribution < 1.29 is 14.3 Å². The van der Waals surface area contributed by atoms with Crippen LogP contribution in [0.15, 0.2) is 53.1 Å². The molecule has 5 heteroatoms. The SMILES string of the molecule is CCN(CC(=O)N1CCCC1CC(O)c1ccco1)c1ccccc1. The molecule has 25 heavy (non-hydrogen) atoms. The van der Waals surface area contributed by atoms with Crippen LogP contribution < -0.4 is 4.90 Å². The highest BCUT2D eigenvalue weighted by Crippen LogP contribution is 2.28. The third-order valence-corrected chi connectivity index (χ3v) is 4.89. The zero-order valence-electron chi connectivity index (χ0n) is 14.7. The Morgan fingerprint density at radius 3 is 2.80 bits per heavy atom. The molecular weight excluding hydrogens is 316 g/mol. The number of para-hydroxylation sites is 1. The summed E-state index contributed by atoms with van der Waals surface area (Å²) in [5.41, 5.74) is 1.06. The van der Waals surface area contributed by atoms with Gasteiger partial charge >= 0.3 is 0 Å². The van der Waals surface area contributed by atoms with Gasteiger partial charge in [0, 0.05) is 31.2 Å². The van der Waals surface area contributed by atoms with E-state index in [9.17, 15) is 9.90 Å². The molecule has 2 aromatic rings. The molecule has 1 aliphatic heterocycles. The van der Waals surface area contributed by atoms with Gasteiger partial charge in [0.2, 0.25) is 5.91 Å². The topological polar surface area (TPSA) is 56.9 Å². The van der Waals surface area contributed by atoms with Gasteiger partial charge in [0.25, 0.3) is 0 Å². The van der Waals surface area contributed by atoms with Gasteiger partial charge in [-0.1, -0.05) is 18.2 Å². The molecule has 1 N–H and O–H groups in total. The Hall–Kier alpha value is -2.27. The summed E-state index contributed by atoms with van der Waals surface area (Å²) in [5.74, 6) is 0.693. The summed E-state index contributed by atoms with van der Waals surface area (Å²) in [6.07, 6.45) is 3.34. The highest BCUT2D eigenvalue weighted by atomic mass is 16.4. The van der Waals surface area contributed by atoms with E-state index in [1.807, 2.05) is 35.2 Å². The lowest BCUT2D eigenvalue weighted by Gasteiger charge is -2.30. The number of aliphatic hydroxyl groups excluding tert-OH is 1. The molecule has 2 unspecified atom stereocenters. The third kappa shape index (κ3) is 4.23. The number of hydrogen-bond acceptors (Lipinski definition) is 4. The number of carbonyl (C=O) groups is 1. The van der Waals surface area contributed by atoms with Crippen LogP contribution in [0.2, 0.25) is 0 Å². The standard InChI is InChI=1S/C20H26N2O3/c1-2-21(16-8-4-3-5-9-16)15-20(24)22-12-6-10-17(22)14-18(23)19-11-7-13-25-19/h3-5,7-9,11,13,17-18,23H,2,6,10,12,14-15H2,1H3. The van der Waals surface area contributed by atoms with Crippen LogP contribution in [0.4, 0.5) is 5.69 Å². The molecular formula is C20H26N2O3. The van der Waals surface area contributed by atoms with Crippen molar-refractivity contribution in [1.82, 2.24) is 4.90 Å². The largest absolute Gasteiger partial charge is 0.467 e. The average molecular weight is 342 g/mol. The van der Waals surface area contributed by atoms with E-state index >= 15 is 0 Å². The van der Waals surface area contributed by atoms with E-state index in [0.29, 0.717) is 18.7 Å². The molecule has 1 saturated heterocycles. The normalized spacial score (nSPS) is 18.3. The van der Waals surface area contributed by atoms with Gasteiger partial charge in [0.05, 0.1) is 12.8 Å². The van der Waals surface area contributed by atoms with Crippen LogP contribution in [0, 0.1) is 0 Å². The molecule has 2 heterocycles. The van der Waals surface area contributed by atoms with Crippen LogP contribution in [-0.2, 0) is 4.79 Å². The van der Waals surface area contributed by atoms with Crippen molar-refractivity contribution in [2.45, 2.75) is 38.3 Å². The number of carbonyl (C=O) groups excluding carboxylic acids is 1. The van der Waals surface area contributed by atoms with E-state index < -0.39 is 6.10 Å². The molecule has 2 atom stereocenters. The number of hydrogen-bond donors (Lipinski definition) is 1. The summed E-state index contributed by atoms with van der Waals surface area (Å²) in [7, 11) is 0. The van der Waals surface area contributed by atoms with E-state index in [1.165, 1.54) is 0 Å². The molecule has 0 spiro atoms. The number of amides is 1. The molecule has 3 rings (SSSR count). The average Bonchev–Trinajstić information content (AvgIpc) is 3.32. The first-order valence-corrected chi connectivity index (χ1v) is 9.00. The lowest BCUT2D eigenvalue weighted by molar-refractivity contribution is -0.131. The van der Waals surface area contributed by atoms with Crippen LogP contribution >= 0.6 is 0 Å². The Labute approximate surface area is 148 Å². The van der Waals surface area contributed by atoms with Crippen molar-refractivity contribution in [3.8, 4) is 0 Å². The van der Waals surface area contributed by atoms with Gasteiger partial charge in [0.15, 0.2) is 0 Å². The zero-order chi connectivity index (χ0) is 17.6. The summed E-state index contributed by atoms with van der Waals surface area (Å²) in [6.45, 7) is 3.97. The van der Waals surface area contributed by atoms with Crippen molar-refractivity contribution in [3.05, 3.63) is 54.5 Å². The molecule has 1 amide bonds. The quantitative estimate of drug-likeness (QED) is 0.839. The minimum atomic E-state index is -0.662. The Kier molecular flexibility index (Phi) is 5.76. The van der Waals surface area contributed by atoms with Gasteiger partial charge < -0.3 is 19.3 Å². The summed E-state index contributed by atoms with van der Waals surface area (Å²) in [5, 5.41) is 10.3. The predicted molar refractivity (Wildman–Crippen MR) is 97.3 cm³/mol. The number of benzene rings is 1. The molecule has 1 aromatic heterocycles. The summed E-state index contributed by atoms with van der Waals surface area (Å²) >= 11 is 0. The van der Waals surface area contributed by atoms with Crippen LogP contribution in [-0.4, -0.2) is 41.6 Å². The zero-order valence-corrected chi connectivity index (χ0v) is 14.7. The van der Waals surface area contributed by atoms with Crippen molar-refractivity contribution in [2.24, 2.45) is 0 Å². The Morgan fingerprint density at radius 2 is 2.12 bits per heavy atom. The maximum atomic E-state index is 12.8. The molecule has 0 saturated carbocycles. The van der Waals surface area contributed by atoms with Crippen molar-refractivity contribution in [2.75, 3.05) is 24.5 Å². The second-order valence-electron chi connectivity index (χ2n) is 6.50. The third-order valence-electron chi connectivity index (χ3n) is 4.89. The highest BCUT2D eigenvalue weighted by molar-refractivity contribution is 5.82. The minimum absolute atomic E-state index is 0.0714. The van der Waals surface area contributed by atoms with Crippen molar-refractivity contribution in [3.63, 3.8) is 0 Å². The summed E-state index contributed by atoms with van der Waals surface area (Å²) < 4.78 is 5.28. The molecule has 0 radical (unpaired) electrons. The molecule has 0 aliphatic carbocycles. The number of anilines is 1. The van der Waals surface area contributed by atoms with Crippen LogP contribution in [0.5, 0.6) is 0 Å². The van der Waals surface area contributed by atoms with E-state index in [2.05, 4.69) is 11.8 Å². The number of likely N-dealkylation sites (tertiary alicyclic amines) is 1. The van der Waals surface area contributed by atoms with Gasteiger partial charge in [-0.2, -0.15) is 0 Å². The summed E-state index contributed by atoms with van der Waals surface area (Å²) in [6, 6.07) is 13.6. The molecule has 5 nitrogen and oxygen atoms in total. The number of aliphatic hydroxyl groups is 1. The van der Waals surface area contributed by atoms with E-state index in [1.54, 1.807) is 18.4 Å². The van der Waals surface area contributed by atoms with Gasteiger partial charge in [-0.05, 0) is 44.0 Å². The van der Waals surface area contributed by atoms with E-state index in [4.69, 9.17) is 4.42 Å². The lowest BCUT2D eigenvalue weighted by atomic mass is 10.1. The van der Waals surface area contributed by atoms with Gasteiger partial charge in [-0.15, -0.1) is 0 Å². The van der Waals surface area contributed by atoms with Crippen LogP contribution in [0.1, 0.15) is 38.1 Å². The van der Waals surface area contributed by atoms with E-state index in [-0.39, 0.29) is 11.9 Å². The molecule has 1 fully saturated rings.